The number of nitrogens with zero attached hydrogens (tertiary/aromatic N) is 1. The maximum Gasteiger partial charge on any atom is 0.416 e. The number of allylic oxidation sites excluding steroid dienone is 2. The third kappa shape index (κ3) is 5.77. The Hall–Kier alpha value is -2.57. The smallest absolute Gasteiger partial charge is 0.404 e. The van der Waals surface area contributed by atoms with Crippen LogP contribution >= 0.6 is 0 Å². The lowest BCUT2D eigenvalue weighted by atomic mass is 10.0. The van der Waals surface area contributed by atoms with Gasteiger partial charge >= 0.3 is 6.18 Å². The van der Waals surface area contributed by atoms with Crippen molar-refractivity contribution in [3.8, 4) is 0 Å². The molecule has 0 bridgehead atoms. The Morgan fingerprint density at radius 1 is 1.36 bits per heavy atom. The SMILES string of the molecule is C=CCc1cc(C(F)(F)F)ccc1NC(=O)C(C)(C)N=CC(C)=CN. The quantitative estimate of drug-likeness (QED) is 0.598. The lowest BCUT2D eigenvalue weighted by Gasteiger charge is -2.21. The summed E-state index contributed by atoms with van der Waals surface area (Å²) < 4.78 is 38.6. The summed E-state index contributed by atoms with van der Waals surface area (Å²) in [5, 5.41) is 2.64. The highest BCUT2D eigenvalue weighted by molar-refractivity contribution is 5.99. The van der Waals surface area contributed by atoms with Gasteiger partial charge < -0.3 is 11.1 Å². The number of benzene rings is 1. The van der Waals surface area contributed by atoms with Gasteiger partial charge in [-0.3, -0.25) is 9.79 Å². The molecule has 7 heteroatoms. The van der Waals surface area contributed by atoms with Crippen molar-refractivity contribution in [2.24, 2.45) is 10.7 Å². The second-order valence-electron chi connectivity index (χ2n) is 6.04. The fourth-order valence-electron chi connectivity index (χ4n) is 1.86. The van der Waals surface area contributed by atoms with Crippen molar-refractivity contribution in [2.75, 3.05) is 5.32 Å². The third-order valence-corrected chi connectivity index (χ3v) is 3.45. The summed E-state index contributed by atoms with van der Waals surface area (Å²) in [4.78, 5) is 16.6. The fraction of sp³-hybridized carbons (Fsp3) is 0.333. The monoisotopic (exact) mass is 353 g/mol. The predicted molar refractivity (Wildman–Crippen MR) is 94.5 cm³/mol. The number of alkyl halides is 3. The number of nitrogens with one attached hydrogen (secondary N) is 1. The molecule has 0 aliphatic heterocycles. The minimum Gasteiger partial charge on any atom is -0.404 e. The molecule has 0 saturated heterocycles. The average Bonchev–Trinajstić information content (AvgIpc) is 2.53. The third-order valence-electron chi connectivity index (χ3n) is 3.45. The minimum atomic E-state index is -4.45. The number of halogens is 3. The van der Waals surface area contributed by atoms with Crippen molar-refractivity contribution in [3.63, 3.8) is 0 Å². The van der Waals surface area contributed by atoms with Gasteiger partial charge in [0.25, 0.3) is 5.91 Å². The summed E-state index contributed by atoms with van der Waals surface area (Å²) in [6.07, 6.45) is 0.0444. The van der Waals surface area contributed by atoms with E-state index in [0.717, 1.165) is 12.1 Å². The first-order valence-corrected chi connectivity index (χ1v) is 7.57. The molecular formula is C18H22F3N3O. The zero-order valence-corrected chi connectivity index (χ0v) is 14.4. The van der Waals surface area contributed by atoms with Crippen LogP contribution < -0.4 is 11.1 Å². The summed E-state index contributed by atoms with van der Waals surface area (Å²) >= 11 is 0. The van der Waals surface area contributed by atoms with Crippen LogP contribution in [0, 0.1) is 0 Å². The molecule has 1 aromatic rings. The van der Waals surface area contributed by atoms with E-state index in [9.17, 15) is 18.0 Å². The molecule has 0 saturated carbocycles. The van der Waals surface area contributed by atoms with Gasteiger partial charge in [0.2, 0.25) is 0 Å². The molecule has 3 N–H and O–H groups in total. The van der Waals surface area contributed by atoms with E-state index in [1.807, 2.05) is 0 Å². The largest absolute Gasteiger partial charge is 0.416 e. The van der Waals surface area contributed by atoms with Gasteiger partial charge in [0.1, 0.15) is 5.54 Å². The molecule has 136 valence electrons. The molecule has 1 rings (SSSR count). The van der Waals surface area contributed by atoms with Crippen LogP contribution in [0.1, 0.15) is 31.9 Å². The molecule has 4 nitrogen and oxygen atoms in total. The summed E-state index contributed by atoms with van der Waals surface area (Å²) in [6.45, 7) is 8.47. The standard InChI is InChI=1S/C18H22F3N3O/c1-5-6-13-9-14(18(19,20)21)7-8-15(13)24-16(25)17(3,4)23-11-12(2)10-22/h5,7-11H,1,6,22H2,2-4H3,(H,24,25). The predicted octanol–water partition coefficient (Wildman–Crippen LogP) is 4.08. The van der Waals surface area contributed by atoms with Crippen molar-refractivity contribution in [1.82, 2.24) is 0 Å². The minimum absolute atomic E-state index is 0.193. The Labute approximate surface area is 145 Å². The summed E-state index contributed by atoms with van der Waals surface area (Å²) in [7, 11) is 0. The van der Waals surface area contributed by atoms with Crippen molar-refractivity contribution in [3.05, 3.63) is 53.8 Å². The summed E-state index contributed by atoms with van der Waals surface area (Å²) in [5.74, 6) is -0.446. The van der Waals surface area contributed by atoms with E-state index < -0.39 is 23.2 Å². The van der Waals surface area contributed by atoms with Crippen molar-refractivity contribution in [1.29, 1.82) is 0 Å². The van der Waals surface area contributed by atoms with Crippen molar-refractivity contribution < 1.29 is 18.0 Å². The number of carbonyl (C=O) groups is 1. The zero-order chi connectivity index (χ0) is 19.3. The Bertz CT molecular complexity index is 704. The van der Waals surface area contributed by atoms with E-state index in [0.29, 0.717) is 16.8 Å². The number of amides is 1. The lowest BCUT2D eigenvalue weighted by Crippen LogP contribution is -2.35. The average molecular weight is 353 g/mol. The Balaban J connectivity index is 3.10. The van der Waals surface area contributed by atoms with Gasteiger partial charge in [-0.2, -0.15) is 13.2 Å². The summed E-state index contributed by atoms with van der Waals surface area (Å²) in [6, 6.07) is 3.18. The molecule has 1 aromatic carbocycles. The van der Waals surface area contributed by atoms with Crippen LogP contribution in [0.5, 0.6) is 0 Å². The number of aliphatic imine (C=N–C) groups is 1. The van der Waals surface area contributed by atoms with Gasteiger partial charge in [0.15, 0.2) is 0 Å². The van der Waals surface area contributed by atoms with E-state index >= 15 is 0 Å². The second-order valence-corrected chi connectivity index (χ2v) is 6.04. The normalized spacial score (nSPS) is 13.1. The van der Waals surface area contributed by atoms with E-state index in [-0.39, 0.29) is 6.42 Å². The van der Waals surface area contributed by atoms with Crippen molar-refractivity contribution in [2.45, 2.75) is 38.9 Å². The van der Waals surface area contributed by atoms with Crippen LogP contribution in [0.15, 0.2) is 47.6 Å². The first-order chi connectivity index (χ1) is 11.5. The summed E-state index contributed by atoms with van der Waals surface area (Å²) in [5.41, 5.74) is 4.77. The number of anilines is 1. The van der Waals surface area contributed by atoms with Crippen LogP contribution in [0.4, 0.5) is 18.9 Å². The van der Waals surface area contributed by atoms with Crippen LogP contribution in [-0.2, 0) is 17.4 Å². The van der Waals surface area contributed by atoms with Gasteiger partial charge in [-0.25, -0.2) is 0 Å². The molecular weight excluding hydrogens is 331 g/mol. The van der Waals surface area contributed by atoms with Gasteiger partial charge in [-0.05, 0) is 62.7 Å². The highest BCUT2D eigenvalue weighted by atomic mass is 19.4. The molecule has 0 spiro atoms. The zero-order valence-electron chi connectivity index (χ0n) is 14.4. The Kier molecular flexibility index (Phi) is 6.55. The number of hydrogen-bond donors (Lipinski definition) is 2. The van der Waals surface area contributed by atoms with Gasteiger partial charge in [0, 0.05) is 11.9 Å². The molecule has 0 aliphatic carbocycles. The first kappa shape index (κ1) is 20.5. The first-order valence-electron chi connectivity index (χ1n) is 7.57. The molecule has 0 heterocycles. The number of hydrogen-bond acceptors (Lipinski definition) is 3. The van der Waals surface area contributed by atoms with Gasteiger partial charge in [0.05, 0.1) is 5.56 Å². The Morgan fingerprint density at radius 3 is 2.52 bits per heavy atom. The maximum absolute atomic E-state index is 12.9. The van der Waals surface area contributed by atoms with Crippen LogP contribution in [-0.4, -0.2) is 17.7 Å². The molecule has 0 atom stereocenters. The van der Waals surface area contributed by atoms with E-state index in [1.165, 1.54) is 24.6 Å². The van der Waals surface area contributed by atoms with E-state index in [1.54, 1.807) is 20.8 Å². The van der Waals surface area contributed by atoms with E-state index in [4.69, 9.17) is 5.73 Å². The fourth-order valence-corrected chi connectivity index (χ4v) is 1.86. The van der Waals surface area contributed by atoms with E-state index in [2.05, 4.69) is 16.9 Å². The number of carbonyl (C=O) groups excluding carboxylic acids is 1. The molecule has 0 unspecified atom stereocenters. The van der Waals surface area contributed by atoms with Crippen LogP contribution in [0.25, 0.3) is 0 Å². The lowest BCUT2D eigenvalue weighted by molar-refractivity contribution is -0.137. The highest BCUT2D eigenvalue weighted by Gasteiger charge is 2.32. The molecule has 0 aromatic heterocycles. The highest BCUT2D eigenvalue weighted by Crippen LogP contribution is 2.32. The second kappa shape index (κ2) is 8.00. The van der Waals surface area contributed by atoms with Crippen LogP contribution in [0.3, 0.4) is 0 Å². The molecule has 25 heavy (non-hydrogen) atoms. The van der Waals surface area contributed by atoms with Gasteiger partial charge in [-0.1, -0.05) is 6.08 Å². The number of rotatable bonds is 6. The molecule has 0 radical (unpaired) electrons. The molecule has 1 amide bonds. The maximum atomic E-state index is 12.9. The molecule has 0 fully saturated rings. The Morgan fingerprint density at radius 2 is 2.00 bits per heavy atom. The van der Waals surface area contributed by atoms with Crippen molar-refractivity contribution >= 4 is 17.8 Å². The molecule has 0 aliphatic rings. The number of nitrogens with two attached hydrogens (primary N) is 1. The van der Waals surface area contributed by atoms with Gasteiger partial charge in [-0.15, -0.1) is 6.58 Å². The van der Waals surface area contributed by atoms with Crippen LogP contribution in [0.2, 0.25) is 0 Å². The topological polar surface area (TPSA) is 67.5 Å².